The zero-order chi connectivity index (χ0) is 19.6. The van der Waals surface area contributed by atoms with Gasteiger partial charge in [0.15, 0.2) is 24.7 Å². The van der Waals surface area contributed by atoms with E-state index in [0.717, 1.165) is 0 Å². The number of anilines is 1. The summed E-state index contributed by atoms with van der Waals surface area (Å²) in [6, 6.07) is 12.3. The van der Waals surface area contributed by atoms with Crippen LogP contribution in [0, 0.1) is 10.1 Å². The molecule has 0 saturated heterocycles. The summed E-state index contributed by atoms with van der Waals surface area (Å²) in [5, 5.41) is 13.1. The van der Waals surface area contributed by atoms with E-state index in [1.807, 2.05) is 6.92 Å². The number of hydrogen-bond donors (Lipinski definition) is 1. The number of ether oxygens (including phenoxy) is 3. The minimum Gasteiger partial charge on any atom is -0.490 e. The van der Waals surface area contributed by atoms with Crippen molar-refractivity contribution in [2.45, 2.75) is 6.92 Å². The molecular weight excluding hydrogens is 356 g/mol. The van der Waals surface area contributed by atoms with Gasteiger partial charge in [0, 0.05) is 17.8 Å². The first-order valence-corrected chi connectivity index (χ1v) is 8.04. The van der Waals surface area contributed by atoms with Gasteiger partial charge in [0.2, 0.25) is 0 Å². The number of non-ortho nitro benzene ring substituents is 1. The van der Waals surface area contributed by atoms with E-state index in [0.29, 0.717) is 18.1 Å². The summed E-state index contributed by atoms with van der Waals surface area (Å²) in [7, 11) is 0. The Labute approximate surface area is 155 Å². The van der Waals surface area contributed by atoms with Crippen LogP contribution in [0.5, 0.6) is 11.5 Å². The van der Waals surface area contributed by atoms with Crippen LogP contribution in [0.2, 0.25) is 0 Å². The highest BCUT2D eigenvalue weighted by Crippen LogP contribution is 2.26. The summed E-state index contributed by atoms with van der Waals surface area (Å²) in [5.74, 6) is -0.484. The molecule has 0 spiro atoms. The van der Waals surface area contributed by atoms with Gasteiger partial charge in [-0.05, 0) is 25.1 Å². The van der Waals surface area contributed by atoms with Gasteiger partial charge in [0.05, 0.1) is 11.5 Å². The zero-order valence-electron chi connectivity index (χ0n) is 14.5. The first kappa shape index (κ1) is 19.7. The second-order valence-corrected chi connectivity index (χ2v) is 5.18. The van der Waals surface area contributed by atoms with E-state index in [1.165, 1.54) is 24.3 Å². The molecule has 0 heterocycles. The van der Waals surface area contributed by atoms with Gasteiger partial charge in [-0.3, -0.25) is 14.9 Å². The molecule has 2 aromatic carbocycles. The van der Waals surface area contributed by atoms with Crippen molar-refractivity contribution < 1.29 is 28.7 Å². The predicted molar refractivity (Wildman–Crippen MR) is 95.8 cm³/mol. The number of benzene rings is 2. The van der Waals surface area contributed by atoms with Crippen LogP contribution in [-0.2, 0) is 14.3 Å². The molecule has 1 amide bonds. The molecule has 0 fully saturated rings. The van der Waals surface area contributed by atoms with Crippen molar-refractivity contribution in [1.29, 1.82) is 0 Å². The molecule has 0 aliphatic rings. The zero-order valence-corrected chi connectivity index (χ0v) is 14.5. The Morgan fingerprint density at radius 2 is 1.74 bits per heavy atom. The lowest BCUT2D eigenvalue weighted by Crippen LogP contribution is -2.23. The number of nitro benzene ring substituents is 1. The lowest BCUT2D eigenvalue weighted by molar-refractivity contribution is -0.384. The molecule has 0 unspecified atom stereocenters. The molecular formula is C18H18N2O7. The summed E-state index contributed by atoms with van der Waals surface area (Å²) < 4.78 is 15.5. The van der Waals surface area contributed by atoms with E-state index in [9.17, 15) is 19.7 Å². The number of nitrogens with zero attached hydrogens (tertiary/aromatic N) is 1. The van der Waals surface area contributed by atoms with Crippen LogP contribution < -0.4 is 14.8 Å². The van der Waals surface area contributed by atoms with Crippen LogP contribution in [0.15, 0.2) is 48.5 Å². The molecule has 0 saturated carbocycles. The summed E-state index contributed by atoms with van der Waals surface area (Å²) >= 11 is 0. The second-order valence-electron chi connectivity index (χ2n) is 5.18. The lowest BCUT2D eigenvalue weighted by Gasteiger charge is -2.11. The highest BCUT2D eigenvalue weighted by Gasteiger charge is 2.12. The molecule has 27 heavy (non-hydrogen) atoms. The number of carbonyl (C=O) groups is 2. The van der Waals surface area contributed by atoms with Crippen LogP contribution >= 0.6 is 0 Å². The van der Waals surface area contributed by atoms with Gasteiger partial charge in [-0.2, -0.15) is 0 Å². The molecule has 0 aliphatic heterocycles. The van der Waals surface area contributed by atoms with Gasteiger partial charge >= 0.3 is 5.97 Å². The quantitative estimate of drug-likeness (QED) is 0.407. The highest BCUT2D eigenvalue weighted by molar-refractivity contribution is 5.93. The van der Waals surface area contributed by atoms with Gasteiger partial charge < -0.3 is 19.5 Å². The van der Waals surface area contributed by atoms with Gasteiger partial charge in [-0.15, -0.1) is 0 Å². The molecule has 0 aliphatic carbocycles. The average Bonchev–Trinajstić information content (AvgIpc) is 2.66. The summed E-state index contributed by atoms with van der Waals surface area (Å²) in [5.41, 5.74) is 0.0679. The van der Waals surface area contributed by atoms with Crippen molar-refractivity contribution in [2.24, 2.45) is 0 Å². The number of esters is 1. The fourth-order valence-corrected chi connectivity index (χ4v) is 2.06. The van der Waals surface area contributed by atoms with Crippen LogP contribution in [0.1, 0.15) is 6.92 Å². The largest absolute Gasteiger partial charge is 0.490 e. The number of carbonyl (C=O) groups excluding carboxylic acids is 2. The number of nitrogens with one attached hydrogen (secondary N) is 1. The molecule has 1 N–H and O–H groups in total. The van der Waals surface area contributed by atoms with Gasteiger partial charge in [0.1, 0.15) is 0 Å². The molecule has 142 valence electrons. The molecule has 0 radical (unpaired) electrons. The van der Waals surface area contributed by atoms with Gasteiger partial charge in [-0.25, -0.2) is 4.79 Å². The Morgan fingerprint density at radius 3 is 2.41 bits per heavy atom. The molecule has 0 aromatic heterocycles. The Hall–Kier alpha value is -3.62. The minimum atomic E-state index is -0.740. The third-order valence-corrected chi connectivity index (χ3v) is 3.20. The number of rotatable bonds is 9. The third-order valence-electron chi connectivity index (χ3n) is 3.20. The minimum absolute atomic E-state index is 0.161. The monoisotopic (exact) mass is 374 g/mol. The van der Waals surface area contributed by atoms with Gasteiger partial charge in [0.25, 0.3) is 11.6 Å². The third kappa shape index (κ3) is 6.31. The maximum Gasteiger partial charge on any atom is 0.344 e. The molecule has 2 aromatic rings. The van der Waals surface area contributed by atoms with Crippen molar-refractivity contribution in [3.05, 3.63) is 58.6 Å². The Bertz CT molecular complexity index is 823. The van der Waals surface area contributed by atoms with Crippen molar-refractivity contribution >= 4 is 23.3 Å². The van der Waals surface area contributed by atoms with Crippen LogP contribution in [0.3, 0.4) is 0 Å². The number of hydrogen-bond acceptors (Lipinski definition) is 7. The number of para-hydroxylation sites is 2. The normalized spacial score (nSPS) is 9.96. The van der Waals surface area contributed by atoms with Crippen molar-refractivity contribution in [2.75, 3.05) is 25.1 Å². The Kier molecular flexibility index (Phi) is 7.12. The smallest absolute Gasteiger partial charge is 0.344 e. The van der Waals surface area contributed by atoms with Crippen molar-refractivity contribution in [3.63, 3.8) is 0 Å². The molecule has 0 atom stereocenters. The second kappa shape index (κ2) is 9.76. The lowest BCUT2D eigenvalue weighted by atomic mass is 10.3. The fraction of sp³-hybridized carbons (Fsp3) is 0.222. The summed E-state index contributed by atoms with van der Waals surface area (Å²) in [4.78, 5) is 33.7. The van der Waals surface area contributed by atoms with E-state index in [1.54, 1.807) is 24.3 Å². The number of nitro groups is 1. The highest BCUT2D eigenvalue weighted by atomic mass is 16.6. The predicted octanol–water partition coefficient (Wildman–Crippen LogP) is 2.55. The van der Waals surface area contributed by atoms with Crippen molar-refractivity contribution in [3.8, 4) is 11.5 Å². The van der Waals surface area contributed by atoms with Crippen molar-refractivity contribution in [1.82, 2.24) is 0 Å². The molecule has 9 heteroatoms. The van der Waals surface area contributed by atoms with E-state index in [-0.39, 0.29) is 11.4 Å². The standard InChI is InChI=1S/C18H18N2O7/c1-2-25-15-8-3-4-9-16(15)26-12-18(22)27-11-17(21)19-13-6-5-7-14(10-13)20(23)24/h3-10H,2,11-12H2,1H3,(H,19,21). The van der Waals surface area contributed by atoms with E-state index in [2.05, 4.69) is 5.32 Å². The maximum absolute atomic E-state index is 11.8. The van der Waals surface area contributed by atoms with E-state index < -0.39 is 30.0 Å². The Balaban J connectivity index is 1.79. The topological polar surface area (TPSA) is 117 Å². The average molecular weight is 374 g/mol. The SMILES string of the molecule is CCOc1ccccc1OCC(=O)OCC(=O)Nc1cccc([N+](=O)[O-])c1. The first-order chi connectivity index (χ1) is 13.0. The van der Waals surface area contributed by atoms with Crippen LogP contribution in [-0.4, -0.2) is 36.6 Å². The number of amides is 1. The molecule has 9 nitrogen and oxygen atoms in total. The van der Waals surface area contributed by atoms with Gasteiger partial charge in [-0.1, -0.05) is 18.2 Å². The molecule has 0 bridgehead atoms. The maximum atomic E-state index is 11.8. The summed E-state index contributed by atoms with van der Waals surface area (Å²) in [6.45, 7) is 1.33. The van der Waals surface area contributed by atoms with E-state index >= 15 is 0 Å². The Morgan fingerprint density at radius 1 is 1.04 bits per heavy atom. The summed E-state index contributed by atoms with van der Waals surface area (Å²) in [6.07, 6.45) is 0. The van der Waals surface area contributed by atoms with Crippen LogP contribution in [0.4, 0.5) is 11.4 Å². The first-order valence-electron chi connectivity index (χ1n) is 8.04. The van der Waals surface area contributed by atoms with E-state index in [4.69, 9.17) is 14.2 Å². The fourth-order valence-electron chi connectivity index (χ4n) is 2.06. The molecule has 2 rings (SSSR count). The van der Waals surface area contributed by atoms with Crippen LogP contribution in [0.25, 0.3) is 0 Å².